The molecular weight excluding hydrogens is 226 g/mol. The molecule has 0 fully saturated rings. The number of hydrogen-bond acceptors (Lipinski definition) is 3. The van der Waals surface area contributed by atoms with E-state index < -0.39 is 5.97 Å². The van der Waals surface area contributed by atoms with Gasteiger partial charge in [-0.2, -0.15) is 0 Å². The zero-order valence-electron chi connectivity index (χ0n) is 10.3. The van der Waals surface area contributed by atoms with E-state index in [4.69, 9.17) is 0 Å². The number of fused-ring (bicyclic) bond motifs is 2. The number of pyridine rings is 1. The van der Waals surface area contributed by atoms with Crippen molar-refractivity contribution in [3.8, 4) is 0 Å². The topological polar surface area (TPSA) is 53.0 Å². The summed E-state index contributed by atoms with van der Waals surface area (Å²) in [7, 11) is 0. The number of aromatic nitrogens is 1. The Hall–Kier alpha value is -1.90. The summed E-state index contributed by atoms with van der Waals surface area (Å²) in [6, 6.07) is 7.40. The van der Waals surface area contributed by atoms with Crippen LogP contribution in [0.15, 0.2) is 24.3 Å². The van der Waals surface area contributed by atoms with Gasteiger partial charge in [0, 0.05) is 16.6 Å². The van der Waals surface area contributed by atoms with E-state index in [1.54, 1.807) is 0 Å². The van der Waals surface area contributed by atoms with E-state index >= 15 is 0 Å². The molecule has 0 radical (unpaired) electrons. The van der Waals surface area contributed by atoms with Gasteiger partial charge < -0.3 is 9.90 Å². The minimum atomic E-state index is -1.08. The summed E-state index contributed by atoms with van der Waals surface area (Å²) in [5.41, 5.74) is 2.92. The maximum Gasteiger partial charge on any atom is 0.0725 e. The van der Waals surface area contributed by atoms with Crippen LogP contribution in [0.2, 0.25) is 0 Å². The normalized spacial score (nSPS) is 18.6. The van der Waals surface area contributed by atoms with Crippen molar-refractivity contribution in [1.29, 1.82) is 0 Å². The van der Waals surface area contributed by atoms with Crippen LogP contribution in [0.25, 0.3) is 10.9 Å². The van der Waals surface area contributed by atoms with E-state index in [2.05, 4.69) is 11.9 Å². The van der Waals surface area contributed by atoms with Gasteiger partial charge in [-0.05, 0) is 36.8 Å². The van der Waals surface area contributed by atoms with Gasteiger partial charge in [-0.15, -0.1) is 0 Å². The number of carbonyl (C=O) groups is 1. The first kappa shape index (κ1) is 11.2. The van der Waals surface area contributed by atoms with E-state index in [0.717, 1.165) is 36.0 Å². The highest BCUT2D eigenvalue weighted by Crippen LogP contribution is 2.30. The molecule has 2 aromatic rings. The zero-order valence-corrected chi connectivity index (χ0v) is 10.3. The number of para-hydroxylation sites is 1. The Morgan fingerprint density at radius 2 is 2.17 bits per heavy atom. The Labute approximate surface area is 105 Å². The molecule has 0 aliphatic heterocycles. The molecule has 0 unspecified atom stereocenters. The number of nitrogens with zero attached hydrogens (tertiary/aromatic N) is 1. The molecule has 1 aliphatic rings. The van der Waals surface area contributed by atoms with Gasteiger partial charge in [0.05, 0.1) is 11.5 Å². The van der Waals surface area contributed by atoms with Crippen molar-refractivity contribution >= 4 is 16.9 Å². The predicted octanol–water partition coefficient (Wildman–Crippen LogP) is 1.72. The van der Waals surface area contributed by atoms with Gasteiger partial charge in [-0.1, -0.05) is 25.1 Å². The molecule has 0 spiro atoms. The van der Waals surface area contributed by atoms with E-state index in [9.17, 15) is 9.90 Å². The highest BCUT2D eigenvalue weighted by molar-refractivity contribution is 6.03. The molecule has 1 aromatic heterocycles. The molecule has 0 bridgehead atoms. The standard InChI is InChI=1S/C15H15NO2/c1-9-6-7-11-13(8-9)16-12-5-3-2-4-10(12)14(11)15(17)18/h2-5,9H,6-8H2,1H3,(H,17,18)/p-1/t9-/m0/s1. The van der Waals surface area contributed by atoms with Gasteiger partial charge in [-0.3, -0.25) is 4.98 Å². The molecule has 1 aromatic carbocycles. The first-order valence-corrected chi connectivity index (χ1v) is 6.28. The highest BCUT2D eigenvalue weighted by Gasteiger charge is 2.21. The third-order valence-corrected chi connectivity index (χ3v) is 3.71. The Bertz CT molecular complexity index is 634. The average Bonchev–Trinajstić information content (AvgIpc) is 2.35. The maximum absolute atomic E-state index is 11.4. The molecule has 3 rings (SSSR count). The van der Waals surface area contributed by atoms with Crippen molar-refractivity contribution in [3.63, 3.8) is 0 Å². The molecule has 18 heavy (non-hydrogen) atoms. The van der Waals surface area contributed by atoms with Crippen LogP contribution < -0.4 is 5.11 Å². The quantitative estimate of drug-likeness (QED) is 0.762. The van der Waals surface area contributed by atoms with Crippen LogP contribution in [0, 0.1) is 5.92 Å². The van der Waals surface area contributed by atoms with Gasteiger partial charge in [-0.25, -0.2) is 0 Å². The number of carboxylic acid groups (broad SMARTS) is 1. The fourth-order valence-electron chi connectivity index (χ4n) is 2.80. The fourth-order valence-corrected chi connectivity index (χ4v) is 2.80. The number of hydrogen-bond donors (Lipinski definition) is 0. The number of rotatable bonds is 1. The van der Waals surface area contributed by atoms with E-state index in [0.29, 0.717) is 16.9 Å². The van der Waals surface area contributed by atoms with Crippen molar-refractivity contribution in [2.75, 3.05) is 0 Å². The lowest BCUT2D eigenvalue weighted by Gasteiger charge is -2.24. The van der Waals surface area contributed by atoms with Crippen LogP contribution in [0.4, 0.5) is 0 Å². The molecule has 92 valence electrons. The Kier molecular flexibility index (Phi) is 2.54. The summed E-state index contributed by atoms with van der Waals surface area (Å²) in [5.74, 6) is -0.514. The van der Waals surface area contributed by atoms with Crippen LogP contribution in [-0.2, 0) is 12.8 Å². The van der Waals surface area contributed by atoms with Gasteiger partial charge >= 0.3 is 0 Å². The zero-order chi connectivity index (χ0) is 12.7. The maximum atomic E-state index is 11.4. The van der Waals surface area contributed by atoms with Crippen LogP contribution in [0.1, 0.15) is 35.0 Å². The average molecular weight is 240 g/mol. The first-order valence-electron chi connectivity index (χ1n) is 6.28. The SMILES string of the molecule is C[C@H]1CCc2c(nc3ccccc3c2C(=O)[O-])C1. The summed E-state index contributed by atoms with van der Waals surface area (Å²) in [6.07, 6.45) is 2.67. The van der Waals surface area contributed by atoms with Crippen LogP contribution in [0.5, 0.6) is 0 Å². The smallest absolute Gasteiger partial charge is 0.0725 e. The molecule has 1 aliphatic carbocycles. The second-order valence-electron chi connectivity index (χ2n) is 5.06. The predicted molar refractivity (Wildman–Crippen MR) is 67.3 cm³/mol. The Morgan fingerprint density at radius 3 is 2.94 bits per heavy atom. The van der Waals surface area contributed by atoms with Crippen molar-refractivity contribution in [2.24, 2.45) is 5.92 Å². The summed E-state index contributed by atoms with van der Waals surface area (Å²) >= 11 is 0. The summed E-state index contributed by atoms with van der Waals surface area (Å²) in [5, 5.41) is 12.1. The Morgan fingerprint density at radius 1 is 1.39 bits per heavy atom. The summed E-state index contributed by atoms with van der Waals surface area (Å²) in [6.45, 7) is 2.18. The van der Waals surface area contributed by atoms with Gasteiger partial charge in [0.15, 0.2) is 0 Å². The van der Waals surface area contributed by atoms with Gasteiger partial charge in [0.2, 0.25) is 0 Å². The third-order valence-electron chi connectivity index (χ3n) is 3.71. The van der Waals surface area contributed by atoms with Crippen LogP contribution in [0.3, 0.4) is 0 Å². The minimum Gasteiger partial charge on any atom is -0.545 e. The molecule has 0 N–H and O–H groups in total. The van der Waals surface area contributed by atoms with E-state index in [-0.39, 0.29) is 0 Å². The van der Waals surface area contributed by atoms with Crippen molar-refractivity contribution in [2.45, 2.75) is 26.2 Å². The Balaban J connectivity index is 2.35. The molecule has 1 atom stereocenters. The minimum absolute atomic E-state index is 0.350. The summed E-state index contributed by atoms with van der Waals surface area (Å²) in [4.78, 5) is 16.0. The van der Waals surface area contributed by atoms with Crippen molar-refractivity contribution < 1.29 is 9.90 Å². The first-order chi connectivity index (χ1) is 8.66. The molecule has 1 heterocycles. The second kappa shape index (κ2) is 4.09. The molecule has 3 nitrogen and oxygen atoms in total. The van der Waals surface area contributed by atoms with Gasteiger partial charge in [0.1, 0.15) is 0 Å². The lowest BCUT2D eigenvalue weighted by Crippen LogP contribution is -2.27. The third kappa shape index (κ3) is 1.67. The largest absolute Gasteiger partial charge is 0.545 e. The van der Waals surface area contributed by atoms with Crippen LogP contribution >= 0.6 is 0 Å². The number of benzene rings is 1. The van der Waals surface area contributed by atoms with Crippen molar-refractivity contribution in [3.05, 3.63) is 41.1 Å². The second-order valence-corrected chi connectivity index (χ2v) is 5.06. The number of carboxylic acids is 1. The lowest BCUT2D eigenvalue weighted by molar-refractivity contribution is -0.254. The fraction of sp³-hybridized carbons (Fsp3) is 0.333. The van der Waals surface area contributed by atoms with Crippen molar-refractivity contribution in [1.82, 2.24) is 4.98 Å². The number of carbonyl (C=O) groups excluding carboxylic acids is 1. The molecule has 0 amide bonds. The highest BCUT2D eigenvalue weighted by atomic mass is 16.4. The molecule has 3 heteroatoms. The monoisotopic (exact) mass is 240 g/mol. The van der Waals surface area contributed by atoms with Gasteiger partial charge in [0.25, 0.3) is 0 Å². The molecular formula is C15H14NO2-. The molecule has 0 saturated carbocycles. The van der Waals surface area contributed by atoms with Crippen LogP contribution in [-0.4, -0.2) is 11.0 Å². The molecule has 0 saturated heterocycles. The lowest BCUT2D eigenvalue weighted by atomic mass is 9.84. The van der Waals surface area contributed by atoms with E-state index in [1.165, 1.54) is 0 Å². The number of aromatic carboxylic acids is 1. The van der Waals surface area contributed by atoms with E-state index in [1.807, 2.05) is 24.3 Å². The summed E-state index contributed by atoms with van der Waals surface area (Å²) < 4.78 is 0.